The molecule has 0 aliphatic heterocycles. The van der Waals surface area contributed by atoms with Crippen LogP contribution >= 0.6 is 0 Å². The Morgan fingerprint density at radius 2 is 0.907 bits per heavy atom. The fourth-order valence-electron chi connectivity index (χ4n) is 7.75. The lowest BCUT2D eigenvalue weighted by molar-refractivity contribution is 0.631. The fraction of sp³-hybridized carbons (Fsp3) is 0. The molecule has 1 heterocycles. The van der Waals surface area contributed by atoms with Crippen LogP contribution in [0.5, 0.6) is 0 Å². The van der Waals surface area contributed by atoms with Crippen LogP contribution in [0, 0.1) is 0 Å². The summed E-state index contributed by atoms with van der Waals surface area (Å²) >= 11 is 0. The van der Waals surface area contributed by atoms with E-state index in [9.17, 15) is 0 Å². The van der Waals surface area contributed by atoms with Gasteiger partial charge in [0, 0.05) is 27.9 Å². The Kier molecular flexibility index (Phi) is 7.85. The van der Waals surface area contributed by atoms with Gasteiger partial charge in [-0.1, -0.05) is 158 Å². The Bertz CT molecular complexity index is 2900. The van der Waals surface area contributed by atoms with E-state index >= 15 is 0 Å². The van der Waals surface area contributed by atoms with Crippen LogP contribution in [0.3, 0.4) is 0 Å². The number of benzene rings is 9. The Labute approximate surface area is 314 Å². The standard InChI is InChI=1S/C52H35NO/c1-2-12-37(13-3-1)49-20-7-8-22-50(49)53(45-29-26-38(27-30-45)48-21-11-16-36-14-4-6-19-47(36)48)46-31-28-41-32-40(24-25-42(41)34-46)39-17-10-18-43(33-39)52-35-44-15-5-9-23-51(44)54-52/h1-35H. The highest BCUT2D eigenvalue weighted by Gasteiger charge is 2.18. The highest BCUT2D eigenvalue weighted by molar-refractivity contribution is 5.98. The van der Waals surface area contributed by atoms with Crippen molar-refractivity contribution in [3.8, 4) is 44.7 Å². The zero-order chi connectivity index (χ0) is 35.8. The zero-order valence-corrected chi connectivity index (χ0v) is 29.6. The summed E-state index contributed by atoms with van der Waals surface area (Å²) in [5, 5.41) is 5.98. The molecule has 0 N–H and O–H groups in total. The zero-order valence-electron chi connectivity index (χ0n) is 29.6. The van der Waals surface area contributed by atoms with Crippen LogP contribution in [0.1, 0.15) is 0 Å². The van der Waals surface area contributed by atoms with Crippen LogP contribution in [0.4, 0.5) is 17.1 Å². The van der Waals surface area contributed by atoms with Gasteiger partial charge in [0.25, 0.3) is 0 Å². The molecule has 0 bridgehead atoms. The van der Waals surface area contributed by atoms with Gasteiger partial charge in [-0.25, -0.2) is 0 Å². The minimum atomic E-state index is 0.879. The van der Waals surface area contributed by atoms with Crippen molar-refractivity contribution in [2.75, 3.05) is 4.90 Å². The molecular weight excluding hydrogens is 655 g/mol. The van der Waals surface area contributed by atoms with E-state index in [4.69, 9.17) is 4.42 Å². The molecule has 0 aliphatic carbocycles. The van der Waals surface area contributed by atoms with Crippen molar-refractivity contribution in [1.82, 2.24) is 0 Å². The number of fused-ring (bicyclic) bond motifs is 3. The molecule has 9 aromatic carbocycles. The maximum atomic E-state index is 6.20. The number of furan rings is 1. The fourth-order valence-corrected chi connectivity index (χ4v) is 7.75. The number of anilines is 3. The molecule has 254 valence electrons. The molecule has 2 heteroatoms. The molecule has 0 unspecified atom stereocenters. The van der Waals surface area contributed by atoms with E-state index in [-0.39, 0.29) is 0 Å². The Balaban J connectivity index is 1.05. The second kappa shape index (κ2) is 13.4. The maximum absolute atomic E-state index is 6.20. The highest BCUT2D eigenvalue weighted by Crippen LogP contribution is 2.43. The summed E-state index contributed by atoms with van der Waals surface area (Å²) in [6.07, 6.45) is 0. The first-order valence-corrected chi connectivity index (χ1v) is 18.4. The van der Waals surface area contributed by atoms with Gasteiger partial charge in [0.2, 0.25) is 0 Å². The average Bonchev–Trinajstić information content (AvgIpc) is 3.69. The van der Waals surface area contributed by atoms with E-state index in [0.29, 0.717) is 0 Å². The number of rotatable bonds is 7. The summed E-state index contributed by atoms with van der Waals surface area (Å²) in [7, 11) is 0. The largest absolute Gasteiger partial charge is 0.456 e. The summed E-state index contributed by atoms with van der Waals surface area (Å²) in [6, 6.07) is 76.0. The molecule has 0 aliphatic rings. The van der Waals surface area contributed by atoms with Gasteiger partial charge in [0.15, 0.2) is 0 Å². The van der Waals surface area contributed by atoms with Crippen LogP contribution in [0.25, 0.3) is 77.2 Å². The smallest absolute Gasteiger partial charge is 0.135 e. The predicted octanol–water partition coefficient (Wildman–Crippen LogP) is 14.9. The average molecular weight is 690 g/mol. The first kappa shape index (κ1) is 31.6. The van der Waals surface area contributed by atoms with Gasteiger partial charge in [0.05, 0.1) is 5.69 Å². The number of hydrogen-bond acceptors (Lipinski definition) is 2. The highest BCUT2D eigenvalue weighted by atomic mass is 16.3. The summed E-state index contributed by atoms with van der Waals surface area (Å²) < 4.78 is 6.20. The number of nitrogens with zero attached hydrogens (tertiary/aromatic N) is 1. The number of hydrogen-bond donors (Lipinski definition) is 0. The van der Waals surface area contributed by atoms with Crippen molar-refractivity contribution < 1.29 is 4.42 Å². The molecule has 0 saturated heterocycles. The lowest BCUT2D eigenvalue weighted by Gasteiger charge is -2.28. The van der Waals surface area contributed by atoms with Gasteiger partial charge < -0.3 is 9.32 Å². The second-order valence-electron chi connectivity index (χ2n) is 13.8. The van der Waals surface area contributed by atoms with E-state index in [2.05, 4.69) is 199 Å². The van der Waals surface area contributed by atoms with Gasteiger partial charge in [-0.05, 0) is 104 Å². The summed E-state index contributed by atoms with van der Waals surface area (Å²) in [6.45, 7) is 0. The van der Waals surface area contributed by atoms with Gasteiger partial charge in [-0.3, -0.25) is 0 Å². The summed E-state index contributed by atoms with van der Waals surface area (Å²) in [4.78, 5) is 2.39. The van der Waals surface area contributed by atoms with E-state index in [1.807, 2.05) is 18.2 Å². The molecule has 1 aromatic heterocycles. The van der Waals surface area contributed by atoms with Crippen molar-refractivity contribution in [1.29, 1.82) is 0 Å². The van der Waals surface area contributed by atoms with E-state index in [0.717, 1.165) is 44.9 Å². The first-order chi connectivity index (χ1) is 26.7. The Morgan fingerprint density at radius 1 is 0.315 bits per heavy atom. The predicted molar refractivity (Wildman–Crippen MR) is 228 cm³/mol. The molecule has 0 atom stereocenters. The molecule has 10 aromatic rings. The monoisotopic (exact) mass is 689 g/mol. The molecule has 54 heavy (non-hydrogen) atoms. The molecule has 2 nitrogen and oxygen atoms in total. The van der Waals surface area contributed by atoms with E-state index in [1.165, 1.54) is 49.4 Å². The van der Waals surface area contributed by atoms with Gasteiger partial charge in [-0.2, -0.15) is 0 Å². The third-order valence-electron chi connectivity index (χ3n) is 10.4. The number of para-hydroxylation sites is 2. The van der Waals surface area contributed by atoms with Crippen molar-refractivity contribution in [3.05, 3.63) is 212 Å². The van der Waals surface area contributed by atoms with Gasteiger partial charge >= 0.3 is 0 Å². The van der Waals surface area contributed by atoms with Gasteiger partial charge in [-0.15, -0.1) is 0 Å². The first-order valence-electron chi connectivity index (χ1n) is 18.4. The molecule has 0 radical (unpaired) electrons. The lowest BCUT2D eigenvalue weighted by atomic mass is 9.97. The molecule has 10 rings (SSSR count). The van der Waals surface area contributed by atoms with Crippen molar-refractivity contribution in [2.45, 2.75) is 0 Å². The summed E-state index contributed by atoms with van der Waals surface area (Å²) in [5.74, 6) is 0.879. The topological polar surface area (TPSA) is 16.4 Å². The van der Waals surface area contributed by atoms with Gasteiger partial charge in [0.1, 0.15) is 11.3 Å². The Hall–Kier alpha value is -7.16. The Morgan fingerprint density at radius 3 is 1.80 bits per heavy atom. The van der Waals surface area contributed by atoms with Crippen LogP contribution in [0.2, 0.25) is 0 Å². The second-order valence-corrected chi connectivity index (χ2v) is 13.8. The van der Waals surface area contributed by atoms with Crippen LogP contribution in [-0.4, -0.2) is 0 Å². The van der Waals surface area contributed by atoms with Crippen molar-refractivity contribution >= 4 is 49.6 Å². The third-order valence-corrected chi connectivity index (χ3v) is 10.4. The minimum Gasteiger partial charge on any atom is -0.456 e. The quantitative estimate of drug-likeness (QED) is 0.166. The molecule has 0 amide bonds. The summed E-state index contributed by atoms with van der Waals surface area (Å²) in [5.41, 5.74) is 12.4. The van der Waals surface area contributed by atoms with Crippen LogP contribution in [0.15, 0.2) is 217 Å². The lowest BCUT2D eigenvalue weighted by Crippen LogP contribution is -2.11. The van der Waals surface area contributed by atoms with Crippen molar-refractivity contribution in [2.24, 2.45) is 0 Å². The van der Waals surface area contributed by atoms with E-state index < -0.39 is 0 Å². The van der Waals surface area contributed by atoms with E-state index in [1.54, 1.807) is 0 Å². The van der Waals surface area contributed by atoms with Crippen LogP contribution < -0.4 is 4.90 Å². The van der Waals surface area contributed by atoms with Crippen LogP contribution in [-0.2, 0) is 0 Å². The maximum Gasteiger partial charge on any atom is 0.135 e. The molecular formula is C52H35NO. The third kappa shape index (κ3) is 5.81. The van der Waals surface area contributed by atoms with Crippen molar-refractivity contribution in [3.63, 3.8) is 0 Å². The normalized spacial score (nSPS) is 11.3. The minimum absolute atomic E-state index is 0.879. The SMILES string of the molecule is c1ccc(-c2ccccc2N(c2ccc(-c3cccc4ccccc34)cc2)c2ccc3cc(-c4cccc(-c5cc6ccccc6o5)c4)ccc3c2)cc1. The molecule has 0 fully saturated rings. The molecule has 0 spiro atoms. The molecule has 0 saturated carbocycles.